The third kappa shape index (κ3) is 4.19. The molecule has 6 N–H and O–H groups in total. The lowest BCUT2D eigenvalue weighted by atomic mass is 10.1. The standard InChI is InChI=1S/C11H8N2.C10H10N2.CH2O2/c1-2-4-9-6-11-10(12-7-13-11)5-8(9)3-1;11-9-5-7-3-1-2-4-8(7)6-10(9)12;2-1-3/h1-7H,(H,12,13);1-6H,11-12H2;1H,(H,2,3). The summed E-state index contributed by atoms with van der Waals surface area (Å²) in [5.74, 6) is 0. The van der Waals surface area contributed by atoms with Gasteiger partial charge in [0.15, 0.2) is 0 Å². The van der Waals surface area contributed by atoms with E-state index in [0.29, 0.717) is 11.4 Å². The summed E-state index contributed by atoms with van der Waals surface area (Å²) in [6.07, 6.45) is 1.73. The van der Waals surface area contributed by atoms with Gasteiger partial charge in [-0.15, -0.1) is 0 Å². The SMILES string of the molecule is Nc1cc2ccccc2cc1N.O=CO.c1ccc2cc3[nH]cnc3cc2c1. The summed E-state index contributed by atoms with van der Waals surface area (Å²) >= 11 is 0. The maximum Gasteiger partial charge on any atom is 0.290 e. The minimum absolute atomic E-state index is 0.250. The second-order valence-corrected chi connectivity index (χ2v) is 6.05. The Kier molecular flexibility index (Phi) is 5.72. The lowest BCUT2D eigenvalue weighted by molar-refractivity contribution is -0.122. The van der Waals surface area contributed by atoms with Gasteiger partial charge in [0.2, 0.25) is 0 Å². The first-order chi connectivity index (χ1) is 13.6. The van der Waals surface area contributed by atoms with Gasteiger partial charge in [0.05, 0.1) is 28.7 Å². The second-order valence-electron chi connectivity index (χ2n) is 6.05. The number of benzene rings is 4. The van der Waals surface area contributed by atoms with E-state index in [4.69, 9.17) is 21.4 Å². The van der Waals surface area contributed by atoms with E-state index in [9.17, 15) is 0 Å². The van der Waals surface area contributed by atoms with Gasteiger partial charge in [-0.3, -0.25) is 4.79 Å². The highest BCUT2D eigenvalue weighted by Crippen LogP contribution is 2.23. The van der Waals surface area contributed by atoms with Crippen LogP contribution in [0.3, 0.4) is 0 Å². The fourth-order valence-electron chi connectivity index (χ4n) is 2.90. The van der Waals surface area contributed by atoms with Crippen molar-refractivity contribution < 1.29 is 9.90 Å². The molecule has 0 aliphatic rings. The van der Waals surface area contributed by atoms with Crippen LogP contribution in [-0.2, 0) is 4.79 Å². The molecule has 6 heteroatoms. The number of nitrogens with zero attached hydrogens (tertiary/aromatic N) is 1. The van der Waals surface area contributed by atoms with Crippen molar-refractivity contribution in [3.8, 4) is 0 Å². The van der Waals surface area contributed by atoms with Crippen molar-refractivity contribution in [3.63, 3.8) is 0 Å². The molecule has 0 aliphatic heterocycles. The average Bonchev–Trinajstić information content (AvgIpc) is 3.15. The van der Waals surface area contributed by atoms with Crippen LogP contribution in [0.25, 0.3) is 32.6 Å². The first kappa shape index (κ1) is 18.7. The van der Waals surface area contributed by atoms with Crippen molar-refractivity contribution in [2.75, 3.05) is 11.5 Å². The molecule has 5 rings (SSSR count). The highest BCUT2D eigenvalue weighted by molar-refractivity contribution is 5.94. The Bertz CT molecular complexity index is 1140. The summed E-state index contributed by atoms with van der Waals surface area (Å²) in [6.45, 7) is -0.250. The van der Waals surface area contributed by atoms with Crippen LogP contribution in [0.2, 0.25) is 0 Å². The maximum atomic E-state index is 8.36. The third-order valence-corrected chi connectivity index (χ3v) is 4.24. The predicted molar refractivity (Wildman–Crippen MR) is 115 cm³/mol. The molecule has 0 unspecified atom stereocenters. The van der Waals surface area contributed by atoms with E-state index in [2.05, 4.69) is 34.2 Å². The molecule has 0 amide bonds. The molecular formula is C22H20N4O2. The number of fused-ring (bicyclic) bond motifs is 3. The largest absolute Gasteiger partial charge is 0.483 e. The van der Waals surface area contributed by atoms with Gasteiger partial charge in [0, 0.05) is 0 Å². The maximum absolute atomic E-state index is 8.36. The van der Waals surface area contributed by atoms with Gasteiger partial charge in [0.25, 0.3) is 6.47 Å². The number of imidazole rings is 1. The van der Waals surface area contributed by atoms with Gasteiger partial charge in [-0.1, -0.05) is 48.5 Å². The minimum Gasteiger partial charge on any atom is -0.483 e. The van der Waals surface area contributed by atoms with Gasteiger partial charge < -0.3 is 21.6 Å². The van der Waals surface area contributed by atoms with Crippen LogP contribution < -0.4 is 11.5 Å². The van der Waals surface area contributed by atoms with E-state index in [1.807, 2.05) is 48.5 Å². The van der Waals surface area contributed by atoms with Crippen LogP contribution in [0.5, 0.6) is 0 Å². The lowest BCUT2D eigenvalue weighted by Crippen LogP contribution is -1.93. The predicted octanol–water partition coefficient (Wildman–Crippen LogP) is 4.42. The van der Waals surface area contributed by atoms with Crippen molar-refractivity contribution in [2.45, 2.75) is 0 Å². The molecule has 0 atom stereocenters. The van der Waals surface area contributed by atoms with Crippen molar-refractivity contribution in [1.29, 1.82) is 0 Å². The van der Waals surface area contributed by atoms with Crippen LogP contribution in [0.1, 0.15) is 0 Å². The Morgan fingerprint density at radius 1 is 0.786 bits per heavy atom. The highest BCUT2D eigenvalue weighted by atomic mass is 16.3. The molecule has 5 aromatic rings. The summed E-state index contributed by atoms with van der Waals surface area (Å²) in [6, 6.07) is 24.3. The number of anilines is 2. The number of aromatic nitrogens is 2. The minimum atomic E-state index is -0.250. The fourth-order valence-corrected chi connectivity index (χ4v) is 2.90. The van der Waals surface area contributed by atoms with Gasteiger partial charge in [-0.2, -0.15) is 0 Å². The number of hydrogen-bond donors (Lipinski definition) is 4. The Labute approximate surface area is 161 Å². The quantitative estimate of drug-likeness (QED) is 0.237. The molecule has 6 nitrogen and oxygen atoms in total. The molecule has 1 aromatic heterocycles. The number of carboxylic acid groups (broad SMARTS) is 1. The molecule has 0 fully saturated rings. The Balaban J connectivity index is 0.000000142. The van der Waals surface area contributed by atoms with Crippen LogP contribution in [-0.4, -0.2) is 21.5 Å². The number of hydrogen-bond acceptors (Lipinski definition) is 4. The van der Waals surface area contributed by atoms with E-state index in [-0.39, 0.29) is 6.47 Å². The van der Waals surface area contributed by atoms with Gasteiger partial charge >= 0.3 is 0 Å². The molecule has 0 saturated heterocycles. The summed E-state index contributed by atoms with van der Waals surface area (Å²) in [5.41, 5.74) is 14.7. The number of nitrogens with two attached hydrogens (primary N) is 2. The topological polar surface area (TPSA) is 118 Å². The Hall–Kier alpha value is -4.06. The lowest BCUT2D eigenvalue weighted by Gasteiger charge is -2.02. The van der Waals surface area contributed by atoms with Crippen molar-refractivity contribution >= 4 is 50.4 Å². The summed E-state index contributed by atoms with van der Waals surface area (Å²) in [5, 5.41) is 11.6. The molecule has 1 heterocycles. The third-order valence-electron chi connectivity index (χ3n) is 4.24. The van der Waals surface area contributed by atoms with Crippen molar-refractivity contribution in [2.24, 2.45) is 0 Å². The summed E-state index contributed by atoms with van der Waals surface area (Å²) in [7, 11) is 0. The Morgan fingerprint density at radius 2 is 1.21 bits per heavy atom. The Morgan fingerprint density at radius 3 is 1.71 bits per heavy atom. The van der Waals surface area contributed by atoms with Crippen LogP contribution in [0, 0.1) is 0 Å². The van der Waals surface area contributed by atoms with Crippen LogP contribution in [0.4, 0.5) is 11.4 Å². The van der Waals surface area contributed by atoms with Crippen LogP contribution >= 0.6 is 0 Å². The second kappa shape index (κ2) is 8.55. The first-order valence-electron chi connectivity index (χ1n) is 8.56. The number of rotatable bonds is 0. The average molecular weight is 372 g/mol. The molecule has 140 valence electrons. The molecule has 0 saturated carbocycles. The number of nitrogens with one attached hydrogen (secondary N) is 1. The van der Waals surface area contributed by atoms with E-state index in [0.717, 1.165) is 21.8 Å². The van der Waals surface area contributed by atoms with Crippen molar-refractivity contribution in [3.05, 3.63) is 79.1 Å². The molecule has 0 bridgehead atoms. The zero-order valence-electron chi connectivity index (χ0n) is 15.0. The van der Waals surface area contributed by atoms with Gasteiger partial charge in [-0.05, 0) is 45.8 Å². The number of nitrogen functional groups attached to an aromatic ring is 2. The zero-order chi connectivity index (χ0) is 19.9. The van der Waals surface area contributed by atoms with Gasteiger partial charge in [0.1, 0.15) is 0 Å². The smallest absolute Gasteiger partial charge is 0.290 e. The number of aromatic amines is 1. The molecule has 0 spiro atoms. The zero-order valence-corrected chi connectivity index (χ0v) is 15.0. The summed E-state index contributed by atoms with van der Waals surface area (Å²) in [4.78, 5) is 15.7. The number of carbonyl (C=O) groups is 1. The van der Waals surface area contributed by atoms with Crippen LogP contribution in [0.15, 0.2) is 79.1 Å². The highest BCUT2D eigenvalue weighted by Gasteiger charge is 1.98. The molecule has 4 aromatic carbocycles. The molecular weight excluding hydrogens is 352 g/mol. The molecule has 0 radical (unpaired) electrons. The molecule has 0 aliphatic carbocycles. The van der Waals surface area contributed by atoms with E-state index in [1.165, 1.54) is 10.8 Å². The normalized spacial score (nSPS) is 10.0. The van der Waals surface area contributed by atoms with Crippen molar-refractivity contribution in [1.82, 2.24) is 9.97 Å². The number of H-pyrrole nitrogens is 1. The van der Waals surface area contributed by atoms with E-state index >= 15 is 0 Å². The monoisotopic (exact) mass is 372 g/mol. The molecule has 28 heavy (non-hydrogen) atoms. The van der Waals surface area contributed by atoms with E-state index < -0.39 is 0 Å². The van der Waals surface area contributed by atoms with E-state index in [1.54, 1.807) is 6.33 Å². The summed E-state index contributed by atoms with van der Waals surface area (Å²) < 4.78 is 0. The van der Waals surface area contributed by atoms with Gasteiger partial charge in [-0.25, -0.2) is 4.98 Å². The fraction of sp³-hybridized carbons (Fsp3) is 0. The first-order valence-corrected chi connectivity index (χ1v) is 8.56.